The van der Waals surface area contributed by atoms with E-state index >= 15 is 0 Å². The van der Waals surface area contributed by atoms with Crippen molar-refractivity contribution in [3.8, 4) is 0 Å². The minimum atomic E-state index is -0.0424. The Hall–Kier alpha value is -1.49. The maximum Gasteiger partial charge on any atom is 0.309 e. The number of aromatic nitrogens is 2. The maximum absolute atomic E-state index is 11.6. The van der Waals surface area contributed by atoms with Gasteiger partial charge in [0.2, 0.25) is 0 Å². The van der Waals surface area contributed by atoms with Crippen LogP contribution in [0.4, 0.5) is 0 Å². The summed E-state index contributed by atoms with van der Waals surface area (Å²) >= 11 is 0. The van der Waals surface area contributed by atoms with Gasteiger partial charge in [0.25, 0.3) is 0 Å². The Morgan fingerprint density at radius 3 is 2.89 bits per heavy atom. The molecule has 1 saturated heterocycles. The molecule has 0 bridgehead atoms. The van der Waals surface area contributed by atoms with Crippen LogP contribution in [0.2, 0.25) is 0 Å². The predicted molar refractivity (Wildman–Crippen MR) is 66.7 cm³/mol. The number of rotatable bonds is 4. The summed E-state index contributed by atoms with van der Waals surface area (Å²) in [6, 6.07) is 1.93. The lowest BCUT2D eigenvalue weighted by Gasteiger charge is -2.30. The van der Waals surface area contributed by atoms with Crippen LogP contribution in [0.3, 0.4) is 0 Å². The highest BCUT2D eigenvalue weighted by Gasteiger charge is 2.25. The van der Waals surface area contributed by atoms with Crippen molar-refractivity contribution in [1.29, 1.82) is 0 Å². The number of piperidine rings is 1. The average molecular weight is 249 g/mol. The molecule has 1 aliphatic heterocycles. The molecule has 0 saturated carbocycles. The van der Waals surface area contributed by atoms with Gasteiger partial charge in [-0.15, -0.1) is 0 Å². The van der Waals surface area contributed by atoms with Crippen LogP contribution < -0.4 is 0 Å². The van der Waals surface area contributed by atoms with Crippen molar-refractivity contribution >= 4 is 5.97 Å². The van der Waals surface area contributed by atoms with Gasteiger partial charge in [0, 0.05) is 12.7 Å². The molecule has 5 nitrogen and oxygen atoms in total. The van der Waals surface area contributed by atoms with Crippen LogP contribution in [0, 0.1) is 5.92 Å². The number of carbonyl (C=O) groups is 1. The van der Waals surface area contributed by atoms with Gasteiger partial charge in [-0.2, -0.15) is 0 Å². The second-order valence-corrected chi connectivity index (χ2v) is 4.50. The Morgan fingerprint density at radius 2 is 2.28 bits per heavy atom. The summed E-state index contributed by atoms with van der Waals surface area (Å²) in [5, 5.41) is 0. The number of hydrogen-bond donors (Lipinski definition) is 0. The molecule has 98 valence electrons. The van der Waals surface area contributed by atoms with Gasteiger partial charge in [-0.25, -0.2) is 9.97 Å². The Morgan fingerprint density at radius 1 is 1.50 bits per heavy atom. The molecule has 1 aliphatic rings. The number of hydrogen-bond acceptors (Lipinski definition) is 5. The monoisotopic (exact) mass is 249 g/mol. The molecule has 0 radical (unpaired) electrons. The highest BCUT2D eigenvalue weighted by molar-refractivity contribution is 5.72. The molecule has 0 atom stereocenters. The summed E-state index contributed by atoms with van der Waals surface area (Å²) in [5.41, 5.74) is 1.03. The molecule has 1 aromatic rings. The van der Waals surface area contributed by atoms with Gasteiger partial charge in [-0.05, 0) is 38.9 Å². The van der Waals surface area contributed by atoms with E-state index in [1.54, 1.807) is 12.5 Å². The minimum absolute atomic E-state index is 0.0424. The lowest BCUT2D eigenvalue weighted by Crippen LogP contribution is -2.36. The molecule has 18 heavy (non-hydrogen) atoms. The van der Waals surface area contributed by atoms with E-state index in [1.807, 2.05) is 13.0 Å². The third kappa shape index (κ3) is 3.50. The van der Waals surface area contributed by atoms with Crippen molar-refractivity contribution in [2.75, 3.05) is 19.7 Å². The fourth-order valence-electron chi connectivity index (χ4n) is 2.23. The van der Waals surface area contributed by atoms with E-state index in [0.29, 0.717) is 6.61 Å². The number of carbonyl (C=O) groups excluding carboxylic acids is 1. The molecule has 1 fully saturated rings. The molecular formula is C13H19N3O2. The quantitative estimate of drug-likeness (QED) is 0.752. The molecule has 0 amide bonds. The Labute approximate surface area is 107 Å². The molecule has 0 aliphatic carbocycles. The normalized spacial score (nSPS) is 17.6. The Bertz CT molecular complexity index is 375. The summed E-state index contributed by atoms with van der Waals surface area (Å²) in [5.74, 6) is 0.0331. The maximum atomic E-state index is 11.6. The standard InChI is InChI=1S/C13H19N3O2/c1-2-18-13(17)11-4-7-16(8-5-11)9-12-3-6-14-10-15-12/h3,6,10-11H,2,4-5,7-9H2,1H3. The van der Waals surface area contributed by atoms with Crippen LogP contribution in [0.5, 0.6) is 0 Å². The van der Waals surface area contributed by atoms with Gasteiger partial charge < -0.3 is 4.74 Å². The van der Waals surface area contributed by atoms with E-state index in [2.05, 4.69) is 14.9 Å². The summed E-state index contributed by atoms with van der Waals surface area (Å²) in [7, 11) is 0. The molecule has 1 aromatic heterocycles. The lowest BCUT2D eigenvalue weighted by atomic mass is 9.97. The summed E-state index contributed by atoms with van der Waals surface area (Å²) in [6.07, 6.45) is 5.09. The fraction of sp³-hybridized carbons (Fsp3) is 0.615. The highest BCUT2D eigenvalue weighted by Crippen LogP contribution is 2.19. The van der Waals surface area contributed by atoms with Crippen LogP contribution >= 0.6 is 0 Å². The van der Waals surface area contributed by atoms with Crippen molar-refractivity contribution in [2.45, 2.75) is 26.3 Å². The minimum Gasteiger partial charge on any atom is -0.466 e. The molecule has 0 spiro atoms. The Kier molecular flexibility index (Phi) is 4.64. The molecule has 2 rings (SSSR count). The molecule has 0 N–H and O–H groups in total. The van der Waals surface area contributed by atoms with Crippen LogP contribution in [0.15, 0.2) is 18.6 Å². The molecule has 5 heteroatoms. The number of ether oxygens (including phenoxy) is 1. The first kappa shape index (κ1) is 13.0. The second kappa shape index (κ2) is 6.44. The summed E-state index contributed by atoms with van der Waals surface area (Å²) in [6.45, 7) is 5.00. The predicted octanol–water partition coefficient (Wildman–Crippen LogP) is 1.25. The number of esters is 1. The van der Waals surface area contributed by atoms with E-state index in [4.69, 9.17) is 4.74 Å². The van der Waals surface area contributed by atoms with Gasteiger partial charge in [-0.1, -0.05) is 0 Å². The first-order chi connectivity index (χ1) is 8.79. The van der Waals surface area contributed by atoms with E-state index in [0.717, 1.165) is 38.2 Å². The van der Waals surface area contributed by atoms with Crippen LogP contribution in [0.25, 0.3) is 0 Å². The van der Waals surface area contributed by atoms with Crippen molar-refractivity contribution < 1.29 is 9.53 Å². The first-order valence-corrected chi connectivity index (χ1v) is 6.43. The zero-order chi connectivity index (χ0) is 12.8. The van der Waals surface area contributed by atoms with Gasteiger partial charge in [-0.3, -0.25) is 9.69 Å². The van der Waals surface area contributed by atoms with E-state index in [9.17, 15) is 4.79 Å². The lowest BCUT2D eigenvalue weighted by molar-refractivity contribution is -0.149. The summed E-state index contributed by atoms with van der Waals surface area (Å²) < 4.78 is 5.06. The van der Waals surface area contributed by atoms with E-state index in [-0.39, 0.29) is 11.9 Å². The van der Waals surface area contributed by atoms with E-state index < -0.39 is 0 Å². The third-order valence-corrected chi connectivity index (χ3v) is 3.24. The first-order valence-electron chi connectivity index (χ1n) is 6.43. The third-order valence-electron chi connectivity index (χ3n) is 3.24. The van der Waals surface area contributed by atoms with Crippen molar-refractivity contribution in [2.24, 2.45) is 5.92 Å². The smallest absolute Gasteiger partial charge is 0.309 e. The average Bonchev–Trinajstić information content (AvgIpc) is 2.41. The van der Waals surface area contributed by atoms with Crippen LogP contribution in [-0.4, -0.2) is 40.5 Å². The van der Waals surface area contributed by atoms with Crippen molar-refractivity contribution in [1.82, 2.24) is 14.9 Å². The van der Waals surface area contributed by atoms with Crippen LogP contribution in [0.1, 0.15) is 25.5 Å². The number of nitrogens with zero attached hydrogens (tertiary/aromatic N) is 3. The SMILES string of the molecule is CCOC(=O)C1CCN(Cc2ccncn2)CC1. The second-order valence-electron chi connectivity index (χ2n) is 4.50. The highest BCUT2D eigenvalue weighted by atomic mass is 16.5. The van der Waals surface area contributed by atoms with Gasteiger partial charge in [0.1, 0.15) is 6.33 Å². The zero-order valence-corrected chi connectivity index (χ0v) is 10.7. The van der Waals surface area contributed by atoms with Crippen LogP contribution in [-0.2, 0) is 16.1 Å². The van der Waals surface area contributed by atoms with Gasteiger partial charge in [0.15, 0.2) is 0 Å². The zero-order valence-electron chi connectivity index (χ0n) is 10.7. The largest absolute Gasteiger partial charge is 0.466 e. The van der Waals surface area contributed by atoms with E-state index in [1.165, 1.54) is 0 Å². The molecule has 2 heterocycles. The fourth-order valence-corrected chi connectivity index (χ4v) is 2.23. The van der Waals surface area contributed by atoms with Gasteiger partial charge in [0.05, 0.1) is 18.2 Å². The van der Waals surface area contributed by atoms with Gasteiger partial charge >= 0.3 is 5.97 Å². The topological polar surface area (TPSA) is 55.3 Å². The van der Waals surface area contributed by atoms with Crippen molar-refractivity contribution in [3.05, 3.63) is 24.3 Å². The number of likely N-dealkylation sites (tertiary alicyclic amines) is 1. The molecule has 0 unspecified atom stereocenters. The molecular weight excluding hydrogens is 230 g/mol. The van der Waals surface area contributed by atoms with Crippen molar-refractivity contribution in [3.63, 3.8) is 0 Å². The Balaban J connectivity index is 1.78. The molecule has 0 aromatic carbocycles. The summed E-state index contributed by atoms with van der Waals surface area (Å²) in [4.78, 5) is 22.0.